The van der Waals surface area contributed by atoms with Crippen molar-refractivity contribution in [2.75, 3.05) is 39.3 Å². The molecule has 2 fully saturated rings. The number of ether oxygens (including phenoxy) is 1. The zero-order valence-electron chi connectivity index (χ0n) is 16.7. The number of nitriles is 1. The molecule has 1 aromatic carbocycles. The molecule has 1 aromatic rings. The molecule has 2 bridgehead atoms. The topological polar surface area (TPSA) is 106 Å². The lowest BCUT2D eigenvalue weighted by Crippen LogP contribution is -2.57. The average molecular weight is 400 g/mol. The second kappa shape index (κ2) is 9.72. The number of hydrogen-bond acceptors (Lipinski definition) is 6. The summed E-state index contributed by atoms with van der Waals surface area (Å²) in [6.45, 7) is 5.32. The molecular formula is C21H28N4O4. The van der Waals surface area contributed by atoms with Gasteiger partial charge in [0.2, 0.25) is 5.91 Å². The largest absolute Gasteiger partial charge is 0.491 e. The molecule has 0 aliphatic carbocycles. The van der Waals surface area contributed by atoms with Crippen molar-refractivity contribution in [2.45, 2.75) is 25.9 Å². The van der Waals surface area contributed by atoms with Crippen LogP contribution in [0.2, 0.25) is 0 Å². The van der Waals surface area contributed by atoms with Crippen LogP contribution in [-0.2, 0) is 4.79 Å². The normalized spacial score (nSPS) is 22.4. The van der Waals surface area contributed by atoms with E-state index in [1.807, 2.05) is 0 Å². The summed E-state index contributed by atoms with van der Waals surface area (Å²) in [6.07, 6.45) is 0.744. The second-order valence-electron chi connectivity index (χ2n) is 7.90. The zero-order valence-corrected chi connectivity index (χ0v) is 16.7. The van der Waals surface area contributed by atoms with Gasteiger partial charge in [0.25, 0.3) is 0 Å². The molecule has 2 N–H and O–H groups in total. The highest BCUT2D eigenvalue weighted by atomic mass is 16.5. The Morgan fingerprint density at radius 3 is 2.48 bits per heavy atom. The molecule has 0 spiro atoms. The summed E-state index contributed by atoms with van der Waals surface area (Å²) in [5.74, 6) is 1.06. The summed E-state index contributed by atoms with van der Waals surface area (Å²) in [5, 5.41) is 21.6. The van der Waals surface area contributed by atoms with Crippen LogP contribution < -0.4 is 10.1 Å². The number of likely N-dealkylation sites (tertiary alicyclic amines) is 2. The highest BCUT2D eigenvalue weighted by molar-refractivity contribution is 5.94. The number of carbonyl (C=O) groups is 2. The van der Waals surface area contributed by atoms with E-state index in [-0.39, 0.29) is 18.5 Å². The van der Waals surface area contributed by atoms with Crippen LogP contribution in [0.3, 0.4) is 0 Å². The van der Waals surface area contributed by atoms with Gasteiger partial charge in [-0.25, -0.2) is 4.79 Å². The predicted octanol–water partition coefficient (Wildman–Crippen LogP) is 1.20. The van der Waals surface area contributed by atoms with Gasteiger partial charge in [0.05, 0.1) is 11.6 Å². The summed E-state index contributed by atoms with van der Waals surface area (Å²) < 4.78 is 5.62. The third kappa shape index (κ3) is 5.92. The van der Waals surface area contributed by atoms with Crippen molar-refractivity contribution in [1.29, 1.82) is 5.26 Å². The minimum absolute atomic E-state index is 0.186. The van der Waals surface area contributed by atoms with E-state index < -0.39 is 6.10 Å². The quantitative estimate of drug-likeness (QED) is 0.743. The van der Waals surface area contributed by atoms with E-state index in [4.69, 9.17) is 10.00 Å². The van der Waals surface area contributed by atoms with Crippen molar-refractivity contribution in [3.8, 4) is 11.8 Å². The van der Waals surface area contributed by atoms with Gasteiger partial charge in [0, 0.05) is 39.1 Å². The first-order valence-electron chi connectivity index (χ1n) is 10.1. The van der Waals surface area contributed by atoms with Crippen LogP contribution in [0.1, 0.15) is 25.3 Å². The first-order chi connectivity index (χ1) is 14.0. The van der Waals surface area contributed by atoms with E-state index in [1.54, 1.807) is 36.1 Å². The Morgan fingerprint density at radius 1 is 1.24 bits per heavy atom. The number of imide groups is 1. The van der Waals surface area contributed by atoms with Gasteiger partial charge < -0.3 is 14.7 Å². The number of aliphatic hydroxyl groups is 1. The van der Waals surface area contributed by atoms with E-state index in [9.17, 15) is 14.7 Å². The van der Waals surface area contributed by atoms with Crippen LogP contribution in [0.4, 0.5) is 4.79 Å². The van der Waals surface area contributed by atoms with Gasteiger partial charge in [-0.3, -0.25) is 15.0 Å². The predicted molar refractivity (Wildman–Crippen MR) is 106 cm³/mol. The lowest BCUT2D eigenvalue weighted by Gasteiger charge is -2.46. The first kappa shape index (κ1) is 21.1. The summed E-state index contributed by atoms with van der Waals surface area (Å²) in [5.41, 5.74) is 0.569. The number of benzene rings is 1. The molecule has 8 heteroatoms. The fourth-order valence-corrected chi connectivity index (χ4v) is 4.16. The Kier molecular flexibility index (Phi) is 7.07. The molecular weight excluding hydrogens is 372 g/mol. The van der Waals surface area contributed by atoms with Crippen molar-refractivity contribution in [3.05, 3.63) is 29.8 Å². The maximum atomic E-state index is 12.2. The fraction of sp³-hybridized carbons (Fsp3) is 0.571. The number of carbonyl (C=O) groups excluding carboxylic acids is 2. The van der Waals surface area contributed by atoms with Crippen LogP contribution >= 0.6 is 0 Å². The molecule has 0 aromatic heterocycles. The molecule has 0 radical (unpaired) electrons. The molecule has 0 saturated carbocycles. The highest BCUT2D eigenvalue weighted by Gasteiger charge is 2.36. The first-order valence-corrected chi connectivity index (χ1v) is 10.1. The zero-order chi connectivity index (χ0) is 20.8. The molecule has 3 amide bonds. The van der Waals surface area contributed by atoms with Gasteiger partial charge in [0.1, 0.15) is 18.5 Å². The van der Waals surface area contributed by atoms with Crippen molar-refractivity contribution >= 4 is 11.9 Å². The third-order valence-corrected chi connectivity index (χ3v) is 5.41. The van der Waals surface area contributed by atoms with E-state index in [0.717, 1.165) is 19.5 Å². The number of urea groups is 1. The van der Waals surface area contributed by atoms with Gasteiger partial charge >= 0.3 is 6.03 Å². The standard InChI is InChI=1S/C21H28N4O4/c1-2-20(27)23-21(28)25-11-16-7-17(12-25)10-24(9-16)13-18(26)14-29-19-5-3-15(8-22)4-6-19/h3-6,16-18,26H,2,7,9-14H2,1H3,(H,23,27,28)/t16?,17?,18-/m1/s1. The third-order valence-electron chi connectivity index (χ3n) is 5.41. The smallest absolute Gasteiger partial charge is 0.324 e. The van der Waals surface area contributed by atoms with Crippen LogP contribution in [0.5, 0.6) is 5.75 Å². The Bertz CT molecular complexity index is 747. The summed E-state index contributed by atoms with van der Waals surface area (Å²) in [7, 11) is 0. The Balaban J connectivity index is 1.44. The molecule has 29 heavy (non-hydrogen) atoms. The number of nitrogens with zero attached hydrogens (tertiary/aromatic N) is 3. The lowest BCUT2D eigenvalue weighted by atomic mass is 9.84. The van der Waals surface area contributed by atoms with Crippen LogP contribution in [0.25, 0.3) is 0 Å². The lowest BCUT2D eigenvalue weighted by molar-refractivity contribution is -0.120. The van der Waals surface area contributed by atoms with Crippen LogP contribution in [0.15, 0.2) is 24.3 Å². The number of piperidine rings is 2. The van der Waals surface area contributed by atoms with E-state index in [1.165, 1.54) is 0 Å². The fourth-order valence-electron chi connectivity index (χ4n) is 4.16. The van der Waals surface area contributed by atoms with E-state index >= 15 is 0 Å². The summed E-state index contributed by atoms with van der Waals surface area (Å²) in [4.78, 5) is 27.7. The minimum atomic E-state index is -0.619. The minimum Gasteiger partial charge on any atom is -0.491 e. The molecule has 2 aliphatic rings. The maximum absolute atomic E-state index is 12.2. The molecule has 2 heterocycles. The van der Waals surface area contributed by atoms with Crippen molar-refractivity contribution < 1.29 is 19.4 Å². The number of fused-ring (bicyclic) bond motifs is 2. The molecule has 2 unspecified atom stereocenters. The Morgan fingerprint density at radius 2 is 1.90 bits per heavy atom. The Hall–Kier alpha value is -2.63. The number of amides is 3. The molecule has 2 saturated heterocycles. The molecule has 3 rings (SSSR count). The van der Waals surface area contributed by atoms with Crippen LogP contribution in [0, 0.1) is 23.2 Å². The number of rotatable bonds is 6. The van der Waals surface area contributed by atoms with Gasteiger partial charge in [-0.05, 0) is 42.5 Å². The van der Waals surface area contributed by atoms with E-state index in [0.29, 0.717) is 49.2 Å². The number of β-amino-alcohol motifs (C(OH)–C–C–N with tert-alkyl or cyclic N) is 1. The van der Waals surface area contributed by atoms with Crippen molar-refractivity contribution in [3.63, 3.8) is 0 Å². The number of nitrogens with one attached hydrogen (secondary N) is 1. The molecule has 8 nitrogen and oxygen atoms in total. The molecule has 2 aliphatic heterocycles. The van der Waals surface area contributed by atoms with E-state index in [2.05, 4.69) is 16.3 Å². The van der Waals surface area contributed by atoms with Gasteiger partial charge in [-0.2, -0.15) is 5.26 Å². The second-order valence-corrected chi connectivity index (χ2v) is 7.90. The highest BCUT2D eigenvalue weighted by Crippen LogP contribution is 2.28. The van der Waals surface area contributed by atoms with Gasteiger partial charge in [-0.15, -0.1) is 0 Å². The van der Waals surface area contributed by atoms with Crippen molar-refractivity contribution in [1.82, 2.24) is 15.1 Å². The average Bonchev–Trinajstić information content (AvgIpc) is 2.71. The summed E-state index contributed by atoms with van der Waals surface area (Å²) >= 11 is 0. The monoisotopic (exact) mass is 400 g/mol. The number of aliphatic hydroxyl groups excluding tert-OH is 1. The van der Waals surface area contributed by atoms with Crippen LogP contribution in [-0.4, -0.2) is 72.3 Å². The SMILES string of the molecule is CCC(=O)NC(=O)N1CC2CC(CN(C[C@@H](O)COc3ccc(C#N)cc3)C2)C1. The number of hydrogen-bond donors (Lipinski definition) is 2. The Labute approximate surface area is 171 Å². The van der Waals surface area contributed by atoms with Gasteiger partial charge in [-0.1, -0.05) is 6.92 Å². The molecule has 156 valence electrons. The van der Waals surface area contributed by atoms with Crippen molar-refractivity contribution in [2.24, 2.45) is 11.8 Å². The van der Waals surface area contributed by atoms with Gasteiger partial charge in [0.15, 0.2) is 0 Å². The molecule has 3 atom stereocenters. The summed E-state index contributed by atoms with van der Waals surface area (Å²) in [6, 6.07) is 8.57. The maximum Gasteiger partial charge on any atom is 0.324 e.